The fraction of sp³-hybridized carbons (Fsp3) is 0.350. The second-order valence-corrected chi connectivity index (χ2v) is 6.17. The lowest BCUT2D eigenvalue weighted by Gasteiger charge is -2.32. The standard InChI is InChI=1S/C20H24N2O3/c1-2-22(20(23)17(21)12-15-8-4-3-5-9-15)13-16-14-24-18-10-6-7-11-19(18)25-16/h3-11,16-17H,2,12-14,21H2,1H3. The van der Waals surface area contributed by atoms with Gasteiger partial charge in [0.05, 0.1) is 12.6 Å². The van der Waals surface area contributed by atoms with Gasteiger partial charge in [0.2, 0.25) is 5.91 Å². The van der Waals surface area contributed by atoms with Crippen molar-refractivity contribution < 1.29 is 14.3 Å². The molecule has 0 aromatic heterocycles. The summed E-state index contributed by atoms with van der Waals surface area (Å²) in [5.41, 5.74) is 7.20. The first-order valence-electron chi connectivity index (χ1n) is 8.64. The Morgan fingerprint density at radius 1 is 1.16 bits per heavy atom. The van der Waals surface area contributed by atoms with E-state index in [0.29, 0.717) is 26.1 Å². The van der Waals surface area contributed by atoms with E-state index in [1.54, 1.807) is 4.90 Å². The molecule has 3 rings (SSSR count). The van der Waals surface area contributed by atoms with E-state index < -0.39 is 6.04 Å². The van der Waals surface area contributed by atoms with Gasteiger partial charge in [-0.05, 0) is 31.0 Å². The summed E-state index contributed by atoms with van der Waals surface area (Å²) in [7, 11) is 0. The summed E-state index contributed by atoms with van der Waals surface area (Å²) < 4.78 is 11.7. The lowest BCUT2D eigenvalue weighted by atomic mass is 10.1. The summed E-state index contributed by atoms with van der Waals surface area (Å²) in [6.07, 6.45) is 0.337. The molecule has 132 valence electrons. The molecule has 2 unspecified atom stereocenters. The highest BCUT2D eigenvalue weighted by Crippen LogP contribution is 2.31. The number of para-hydroxylation sites is 2. The van der Waals surface area contributed by atoms with Crippen LogP contribution in [0.25, 0.3) is 0 Å². The summed E-state index contributed by atoms with van der Waals surface area (Å²) in [5, 5.41) is 0. The normalized spacial score (nSPS) is 17.0. The average molecular weight is 340 g/mol. The number of ether oxygens (including phenoxy) is 2. The van der Waals surface area contributed by atoms with Gasteiger partial charge in [-0.3, -0.25) is 4.79 Å². The van der Waals surface area contributed by atoms with Gasteiger partial charge in [0.25, 0.3) is 0 Å². The Labute approximate surface area is 148 Å². The van der Waals surface area contributed by atoms with Gasteiger partial charge in [-0.1, -0.05) is 42.5 Å². The molecule has 0 bridgehead atoms. The molecule has 0 saturated carbocycles. The number of carbonyl (C=O) groups excluding carboxylic acids is 1. The predicted molar refractivity (Wildman–Crippen MR) is 96.7 cm³/mol. The number of likely N-dealkylation sites (N-methyl/N-ethyl adjacent to an activating group) is 1. The summed E-state index contributed by atoms with van der Waals surface area (Å²) in [6, 6.07) is 16.8. The quantitative estimate of drug-likeness (QED) is 0.876. The van der Waals surface area contributed by atoms with E-state index in [1.165, 1.54) is 0 Å². The number of hydrogen-bond acceptors (Lipinski definition) is 4. The molecule has 2 atom stereocenters. The largest absolute Gasteiger partial charge is 0.486 e. The topological polar surface area (TPSA) is 64.8 Å². The molecular formula is C20H24N2O3. The van der Waals surface area contributed by atoms with E-state index >= 15 is 0 Å². The van der Waals surface area contributed by atoms with Gasteiger partial charge in [0.15, 0.2) is 17.6 Å². The summed E-state index contributed by atoms with van der Waals surface area (Å²) >= 11 is 0. The zero-order valence-electron chi connectivity index (χ0n) is 14.4. The zero-order valence-corrected chi connectivity index (χ0v) is 14.4. The Morgan fingerprint density at radius 2 is 1.84 bits per heavy atom. The van der Waals surface area contributed by atoms with Gasteiger partial charge in [-0.15, -0.1) is 0 Å². The zero-order chi connectivity index (χ0) is 17.6. The third-order valence-electron chi connectivity index (χ3n) is 4.30. The van der Waals surface area contributed by atoms with Gasteiger partial charge in [-0.2, -0.15) is 0 Å². The SMILES string of the molecule is CCN(CC1COc2ccccc2O1)C(=O)C(N)Cc1ccccc1. The second kappa shape index (κ2) is 8.03. The fourth-order valence-electron chi connectivity index (χ4n) is 2.96. The maximum Gasteiger partial charge on any atom is 0.239 e. The minimum absolute atomic E-state index is 0.0613. The van der Waals surface area contributed by atoms with Crippen molar-refractivity contribution in [3.63, 3.8) is 0 Å². The van der Waals surface area contributed by atoms with Crippen LogP contribution in [0.2, 0.25) is 0 Å². The van der Waals surface area contributed by atoms with Gasteiger partial charge in [0, 0.05) is 6.54 Å². The lowest BCUT2D eigenvalue weighted by Crippen LogP contribution is -2.50. The number of carbonyl (C=O) groups is 1. The number of fused-ring (bicyclic) bond motifs is 1. The van der Waals surface area contributed by atoms with Crippen LogP contribution >= 0.6 is 0 Å². The van der Waals surface area contributed by atoms with Crippen LogP contribution in [0.3, 0.4) is 0 Å². The van der Waals surface area contributed by atoms with E-state index in [9.17, 15) is 4.79 Å². The van der Waals surface area contributed by atoms with Crippen molar-refractivity contribution in [1.82, 2.24) is 4.90 Å². The van der Waals surface area contributed by atoms with Gasteiger partial charge < -0.3 is 20.1 Å². The summed E-state index contributed by atoms with van der Waals surface area (Å²) in [6.45, 7) is 3.43. The van der Waals surface area contributed by atoms with Crippen LogP contribution < -0.4 is 15.2 Å². The van der Waals surface area contributed by atoms with Crippen molar-refractivity contribution in [3.8, 4) is 11.5 Å². The average Bonchev–Trinajstić information content (AvgIpc) is 2.66. The monoisotopic (exact) mass is 340 g/mol. The number of nitrogens with two attached hydrogens (primary N) is 1. The predicted octanol–water partition coefficient (Wildman–Crippen LogP) is 2.24. The first-order chi connectivity index (χ1) is 12.2. The van der Waals surface area contributed by atoms with Crippen LogP contribution in [-0.4, -0.2) is 42.6 Å². The Bertz CT molecular complexity index is 705. The highest BCUT2D eigenvalue weighted by atomic mass is 16.6. The van der Waals surface area contributed by atoms with Crippen molar-refractivity contribution >= 4 is 5.91 Å². The molecule has 2 aromatic carbocycles. The molecule has 1 aliphatic heterocycles. The van der Waals surface area contributed by atoms with Crippen LogP contribution in [0.1, 0.15) is 12.5 Å². The van der Waals surface area contributed by atoms with Crippen LogP contribution in [0.15, 0.2) is 54.6 Å². The van der Waals surface area contributed by atoms with Crippen molar-refractivity contribution in [2.45, 2.75) is 25.5 Å². The lowest BCUT2D eigenvalue weighted by molar-refractivity contribution is -0.134. The number of hydrogen-bond donors (Lipinski definition) is 1. The minimum atomic E-state index is -0.556. The number of amides is 1. The number of rotatable bonds is 6. The molecule has 1 amide bonds. The molecule has 0 radical (unpaired) electrons. The Hall–Kier alpha value is -2.53. The Morgan fingerprint density at radius 3 is 2.56 bits per heavy atom. The van der Waals surface area contributed by atoms with Crippen LogP contribution in [0.5, 0.6) is 11.5 Å². The smallest absolute Gasteiger partial charge is 0.239 e. The van der Waals surface area contributed by atoms with Crippen LogP contribution in [0, 0.1) is 0 Å². The highest BCUT2D eigenvalue weighted by molar-refractivity contribution is 5.82. The van der Waals surface area contributed by atoms with Crippen molar-refractivity contribution in [3.05, 3.63) is 60.2 Å². The summed E-state index contributed by atoms with van der Waals surface area (Å²) in [5.74, 6) is 1.40. The molecule has 0 fully saturated rings. The first-order valence-corrected chi connectivity index (χ1v) is 8.64. The minimum Gasteiger partial charge on any atom is -0.486 e. The fourth-order valence-corrected chi connectivity index (χ4v) is 2.96. The maximum absolute atomic E-state index is 12.7. The van der Waals surface area contributed by atoms with Gasteiger partial charge in [0.1, 0.15) is 6.61 Å². The molecule has 25 heavy (non-hydrogen) atoms. The molecule has 0 saturated heterocycles. The molecule has 1 heterocycles. The third kappa shape index (κ3) is 4.31. The maximum atomic E-state index is 12.7. The van der Waals surface area contributed by atoms with Crippen molar-refractivity contribution in [1.29, 1.82) is 0 Å². The van der Waals surface area contributed by atoms with Crippen molar-refractivity contribution in [2.24, 2.45) is 5.73 Å². The first kappa shape index (κ1) is 17.3. The van der Waals surface area contributed by atoms with E-state index in [1.807, 2.05) is 61.5 Å². The molecule has 2 N–H and O–H groups in total. The number of benzene rings is 2. The Kier molecular flexibility index (Phi) is 5.56. The molecule has 0 aliphatic carbocycles. The van der Waals surface area contributed by atoms with Gasteiger partial charge in [-0.25, -0.2) is 0 Å². The van der Waals surface area contributed by atoms with E-state index in [4.69, 9.17) is 15.2 Å². The van der Waals surface area contributed by atoms with Crippen LogP contribution in [0.4, 0.5) is 0 Å². The van der Waals surface area contributed by atoms with E-state index in [0.717, 1.165) is 17.1 Å². The molecular weight excluding hydrogens is 316 g/mol. The van der Waals surface area contributed by atoms with E-state index in [2.05, 4.69) is 0 Å². The molecule has 5 heteroatoms. The number of nitrogens with zero attached hydrogens (tertiary/aromatic N) is 1. The third-order valence-corrected chi connectivity index (χ3v) is 4.30. The van der Waals surface area contributed by atoms with Crippen LogP contribution in [-0.2, 0) is 11.2 Å². The molecule has 2 aromatic rings. The molecule has 1 aliphatic rings. The van der Waals surface area contributed by atoms with Crippen molar-refractivity contribution in [2.75, 3.05) is 19.7 Å². The summed E-state index contributed by atoms with van der Waals surface area (Å²) in [4.78, 5) is 14.4. The molecule has 5 nitrogen and oxygen atoms in total. The second-order valence-electron chi connectivity index (χ2n) is 6.17. The van der Waals surface area contributed by atoms with E-state index in [-0.39, 0.29) is 12.0 Å². The highest BCUT2D eigenvalue weighted by Gasteiger charge is 2.27. The van der Waals surface area contributed by atoms with Gasteiger partial charge >= 0.3 is 0 Å². The Balaban J connectivity index is 1.59. The molecule has 0 spiro atoms.